The van der Waals surface area contributed by atoms with Crippen LogP contribution in [0, 0.1) is 0 Å². The first-order valence-corrected chi connectivity index (χ1v) is 20.4. The van der Waals surface area contributed by atoms with E-state index in [1.54, 1.807) is 0 Å². The Bertz CT molecular complexity index is 807. The van der Waals surface area contributed by atoms with E-state index in [1.165, 1.54) is 116 Å². The summed E-state index contributed by atoms with van der Waals surface area (Å²) in [5.41, 5.74) is 0. The average Bonchev–Trinajstić information content (AvgIpc) is 3.08. The number of esters is 1. The van der Waals surface area contributed by atoms with Crippen molar-refractivity contribution in [2.24, 2.45) is 0 Å². The van der Waals surface area contributed by atoms with Crippen LogP contribution in [0.15, 0.2) is 0 Å². The van der Waals surface area contributed by atoms with E-state index in [1.807, 2.05) is 0 Å². The first kappa shape index (κ1) is 46.8. The molecular formula is C40H76N2O7. The molecule has 0 fully saturated rings. The summed E-state index contributed by atoms with van der Waals surface area (Å²) in [5, 5.41) is 22.5. The number of amides is 2. The fourth-order valence-electron chi connectivity index (χ4n) is 6.19. The second-order valence-corrected chi connectivity index (χ2v) is 14.1. The van der Waals surface area contributed by atoms with E-state index in [4.69, 9.17) is 14.9 Å². The number of aliphatic hydroxyl groups is 1. The maximum Gasteiger partial charge on any atom is 0.328 e. The van der Waals surface area contributed by atoms with E-state index in [0.29, 0.717) is 12.8 Å². The minimum absolute atomic E-state index is 0.0322. The summed E-state index contributed by atoms with van der Waals surface area (Å²) < 4.78 is 5.92. The van der Waals surface area contributed by atoms with E-state index in [2.05, 4.69) is 24.5 Å². The second kappa shape index (κ2) is 35.7. The number of hydrogen-bond acceptors (Lipinski definition) is 6. The second-order valence-electron chi connectivity index (χ2n) is 14.1. The van der Waals surface area contributed by atoms with Crippen molar-refractivity contribution in [2.45, 2.75) is 219 Å². The predicted molar refractivity (Wildman–Crippen MR) is 199 cm³/mol. The van der Waals surface area contributed by atoms with Gasteiger partial charge in [-0.3, -0.25) is 14.4 Å². The normalized spacial score (nSPS) is 12.4. The first-order valence-electron chi connectivity index (χ1n) is 20.4. The number of nitrogens with one attached hydrogen (secondary N) is 2. The van der Waals surface area contributed by atoms with E-state index in [-0.39, 0.29) is 30.9 Å². The number of rotatable bonds is 37. The molecule has 0 heterocycles. The lowest BCUT2D eigenvalue weighted by molar-refractivity contribution is -0.150. The van der Waals surface area contributed by atoms with Gasteiger partial charge in [0.15, 0.2) is 0 Å². The van der Waals surface area contributed by atoms with Crippen LogP contribution in [0.1, 0.15) is 206 Å². The highest BCUT2D eigenvalue weighted by Gasteiger charge is 2.19. The fourth-order valence-corrected chi connectivity index (χ4v) is 6.19. The molecule has 0 aromatic rings. The molecule has 0 saturated heterocycles. The SMILES string of the molecule is CCCCCCCCCCCCCCCCCCCCC(=O)OC(CCCCCC)CCCCCCC(=O)NCC(=O)NC(CO)C(=O)O. The van der Waals surface area contributed by atoms with Crippen LogP contribution in [0.25, 0.3) is 0 Å². The smallest absolute Gasteiger partial charge is 0.328 e. The number of hydrogen-bond donors (Lipinski definition) is 4. The van der Waals surface area contributed by atoms with Crippen LogP contribution in [-0.4, -0.2) is 59.3 Å². The summed E-state index contributed by atoms with van der Waals surface area (Å²) in [7, 11) is 0. The number of unbranched alkanes of at least 4 members (excludes halogenated alkanes) is 23. The number of aliphatic carboxylic acids is 1. The molecule has 2 unspecified atom stereocenters. The van der Waals surface area contributed by atoms with Crippen molar-refractivity contribution >= 4 is 23.8 Å². The molecule has 2 atom stereocenters. The minimum atomic E-state index is -1.38. The Labute approximate surface area is 299 Å². The van der Waals surface area contributed by atoms with Crippen LogP contribution in [0.5, 0.6) is 0 Å². The lowest BCUT2D eigenvalue weighted by Gasteiger charge is -2.18. The third-order valence-electron chi connectivity index (χ3n) is 9.35. The molecule has 0 bridgehead atoms. The summed E-state index contributed by atoms with van der Waals surface area (Å²) in [4.78, 5) is 47.2. The zero-order chi connectivity index (χ0) is 36.2. The summed E-state index contributed by atoms with van der Waals surface area (Å²) in [6.07, 6.45) is 34.5. The van der Waals surface area contributed by atoms with E-state index in [0.717, 1.165) is 57.8 Å². The lowest BCUT2D eigenvalue weighted by Crippen LogP contribution is -2.47. The fraction of sp³-hybridized carbons (Fsp3) is 0.900. The Morgan fingerprint density at radius 3 is 1.35 bits per heavy atom. The molecule has 0 rings (SSSR count). The Kier molecular flexibility index (Phi) is 34.1. The standard InChI is InChI=1S/C40H76N2O7/c1-3-5-7-9-10-11-12-13-14-15-16-17-18-19-20-21-22-28-32-39(46)49-35(29-25-8-6-4-2)30-26-23-24-27-31-37(44)41-33-38(45)42-36(34-43)40(47)48/h35-36,43H,3-34H2,1-2H3,(H,41,44)(H,42,45)(H,47,48). The van der Waals surface area contributed by atoms with Crippen LogP contribution in [-0.2, 0) is 23.9 Å². The number of ether oxygens (including phenoxy) is 1. The largest absolute Gasteiger partial charge is 0.480 e. The quantitative estimate of drug-likeness (QED) is 0.0375. The van der Waals surface area contributed by atoms with Gasteiger partial charge in [0.25, 0.3) is 0 Å². The Balaban J connectivity index is 3.92. The number of carbonyl (C=O) groups excluding carboxylic acids is 3. The van der Waals surface area contributed by atoms with Crippen LogP contribution in [0.2, 0.25) is 0 Å². The number of carboxylic acids is 1. The number of aliphatic hydroxyl groups excluding tert-OH is 1. The minimum Gasteiger partial charge on any atom is -0.480 e. The average molecular weight is 697 g/mol. The zero-order valence-electron chi connectivity index (χ0n) is 31.7. The summed E-state index contributed by atoms with van der Waals surface area (Å²) in [5.74, 6) is -2.32. The maximum absolute atomic E-state index is 12.6. The van der Waals surface area contributed by atoms with Gasteiger partial charge in [-0.15, -0.1) is 0 Å². The van der Waals surface area contributed by atoms with Crippen LogP contribution in [0.3, 0.4) is 0 Å². The molecule has 0 saturated carbocycles. The van der Waals surface area contributed by atoms with Crippen molar-refractivity contribution in [3.63, 3.8) is 0 Å². The predicted octanol–water partition coefficient (Wildman–Crippen LogP) is 9.32. The molecule has 9 heteroatoms. The molecule has 0 aromatic heterocycles. The van der Waals surface area contributed by atoms with Crippen LogP contribution < -0.4 is 10.6 Å². The zero-order valence-corrected chi connectivity index (χ0v) is 31.7. The number of carbonyl (C=O) groups is 4. The third-order valence-corrected chi connectivity index (χ3v) is 9.35. The summed E-state index contributed by atoms with van der Waals surface area (Å²) >= 11 is 0. The molecular weight excluding hydrogens is 620 g/mol. The summed E-state index contributed by atoms with van der Waals surface area (Å²) in [6.45, 7) is 3.43. The highest BCUT2D eigenvalue weighted by molar-refractivity contribution is 5.87. The molecule has 0 aliphatic rings. The Hall–Kier alpha value is -2.16. The molecule has 2 amide bonds. The summed E-state index contributed by atoms with van der Waals surface area (Å²) in [6, 6.07) is -1.38. The van der Waals surface area contributed by atoms with Gasteiger partial charge >= 0.3 is 11.9 Å². The molecule has 9 nitrogen and oxygen atoms in total. The van der Waals surface area contributed by atoms with Crippen molar-refractivity contribution in [3.05, 3.63) is 0 Å². The molecule has 0 aliphatic carbocycles. The van der Waals surface area contributed by atoms with Gasteiger partial charge in [-0.1, -0.05) is 155 Å². The molecule has 49 heavy (non-hydrogen) atoms. The van der Waals surface area contributed by atoms with E-state index >= 15 is 0 Å². The van der Waals surface area contributed by atoms with Gasteiger partial charge < -0.3 is 25.6 Å². The van der Waals surface area contributed by atoms with Gasteiger partial charge in [-0.25, -0.2) is 4.79 Å². The monoisotopic (exact) mass is 697 g/mol. The topological polar surface area (TPSA) is 142 Å². The lowest BCUT2D eigenvalue weighted by atomic mass is 10.0. The highest BCUT2D eigenvalue weighted by atomic mass is 16.5. The van der Waals surface area contributed by atoms with E-state index in [9.17, 15) is 19.2 Å². The third kappa shape index (κ3) is 32.8. The Morgan fingerprint density at radius 2 is 0.918 bits per heavy atom. The molecule has 0 aliphatic heterocycles. The Morgan fingerprint density at radius 1 is 0.531 bits per heavy atom. The van der Waals surface area contributed by atoms with Gasteiger partial charge in [0.2, 0.25) is 11.8 Å². The molecule has 0 radical (unpaired) electrons. The molecule has 4 N–H and O–H groups in total. The van der Waals surface area contributed by atoms with Gasteiger partial charge in [-0.2, -0.15) is 0 Å². The van der Waals surface area contributed by atoms with Gasteiger partial charge in [0.1, 0.15) is 12.1 Å². The number of carboxylic acid groups (broad SMARTS) is 1. The van der Waals surface area contributed by atoms with Gasteiger partial charge in [0, 0.05) is 12.8 Å². The van der Waals surface area contributed by atoms with Crippen molar-refractivity contribution in [3.8, 4) is 0 Å². The molecule has 0 aromatic carbocycles. The van der Waals surface area contributed by atoms with Crippen LogP contribution >= 0.6 is 0 Å². The highest BCUT2D eigenvalue weighted by Crippen LogP contribution is 2.18. The molecule has 0 spiro atoms. The van der Waals surface area contributed by atoms with Crippen molar-refractivity contribution < 1.29 is 34.1 Å². The first-order chi connectivity index (χ1) is 23.8. The van der Waals surface area contributed by atoms with Crippen LogP contribution in [0.4, 0.5) is 0 Å². The van der Waals surface area contributed by atoms with Gasteiger partial charge in [0.05, 0.1) is 13.2 Å². The van der Waals surface area contributed by atoms with Gasteiger partial charge in [-0.05, 0) is 38.5 Å². The molecule has 288 valence electrons. The van der Waals surface area contributed by atoms with Crippen molar-refractivity contribution in [2.75, 3.05) is 13.2 Å². The van der Waals surface area contributed by atoms with Crippen molar-refractivity contribution in [1.29, 1.82) is 0 Å². The maximum atomic E-state index is 12.6. The van der Waals surface area contributed by atoms with Crippen molar-refractivity contribution in [1.82, 2.24) is 10.6 Å². The van der Waals surface area contributed by atoms with E-state index < -0.39 is 24.5 Å².